The van der Waals surface area contributed by atoms with Crippen LogP contribution in [0.5, 0.6) is 0 Å². The van der Waals surface area contributed by atoms with Crippen LogP contribution in [0.3, 0.4) is 0 Å². The van der Waals surface area contributed by atoms with Gasteiger partial charge in [0.05, 0.1) is 11.7 Å². The predicted molar refractivity (Wildman–Crippen MR) is 94.8 cm³/mol. The van der Waals surface area contributed by atoms with Crippen LogP contribution < -0.4 is 5.32 Å². The molecule has 0 amide bonds. The van der Waals surface area contributed by atoms with E-state index in [-0.39, 0.29) is 17.8 Å². The Balaban J connectivity index is 1.73. The Morgan fingerprint density at radius 1 is 1.30 bits per heavy atom. The maximum atomic E-state index is 13.5. The summed E-state index contributed by atoms with van der Waals surface area (Å²) in [6, 6.07) is 12.0. The number of hydrogen-bond donors (Lipinski definition) is 2. The lowest BCUT2D eigenvalue weighted by Gasteiger charge is -2.20. The molecule has 118 valence electrons. The molecule has 1 heterocycles. The Bertz CT molecular complexity index is 765. The predicted octanol–water partition coefficient (Wildman–Crippen LogP) is 5.62. The molecule has 2 aromatic rings. The minimum absolute atomic E-state index is 0.0481. The van der Waals surface area contributed by atoms with Gasteiger partial charge in [-0.25, -0.2) is 4.39 Å². The molecule has 2 N–H and O–H groups in total. The molecular weight excluding hydrogens is 379 g/mol. The fraction of sp³-hybridized carbons (Fsp3) is 0.188. The molecule has 0 saturated heterocycles. The van der Waals surface area contributed by atoms with Gasteiger partial charge >= 0.3 is 0 Å². The minimum atomic E-state index is -0.270. The number of nitrogens with zero attached hydrogens (tertiary/aromatic N) is 2. The van der Waals surface area contributed by atoms with Gasteiger partial charge in [0.2, 0.25) is 5.96 Å². The average molecular weight is 393 g/mol. The molecule has 4 nitrogen and oxygen atoms in total. The van der Waals surface area contributed by atoms with E-state index in [9.17, 15) is 4.39 Å². The number of halogens is 2. The van der Waals surface area contributed by atoms with Crippen molar-refractivity contribution in [2.45, 2.75) is 17.4 Å². The van der Waals surface area contributed by atoms with Crippen LogP contribution in [0, 0.1) is 11.2 Å². The van der Waals surface area contributed by atoms with E-state index in [2.05, 4.69) is 31.5 Å². The molecule has 3 rings (SSSR count). The van der Waals surface area contributed by atoms with Crippen molar-refractivity contribution in [3.63, 3.8) is 0 Å². The van der Waals surface area contributed by atoms with Crippen LogP contribution in [-0.2, 0) is 0 Å². The summed E-state index contributed by atoms with van der Waals surface area (Å²) in [6.07, 6.45) is 0.785. The molecule has 1 aliphatic rings. The zero-order valence-corrected chi connectivity index (χ0v) is 14.5. The van der Waals surface area contributed by atoms with Gasteiger partial charge < -0.3 is 5.32 Å². The van der Waals surface area contributed by atoms with Gasteiger partial charge in [0.25, 0.3) is 0 Å². The standard InChI is InChI=1S/C16H14BrFN4S/c17-12-3-1-2-4-14(12)20-16(19)22-21-13-7-8-23-15-6-5-10(18)9-11(13)15/h1-6,9,13H,7-8H2,(H2,19,20). The summed E-state index contributed by atoms with van der Waals surface area (Å²) in [4.78, 5) is 1.03. The Morgan fingerprint density at radius 2 is 2.13 bits per heavy atom. The van der Waals surface area contributed by atoms with E-state index >= 15 is 0 Å². The molecule has 0 saturated carbocycles. The van der Waals surface area contributed by atoms with Crippen molar-refractivity contribution in [3.8, 4) is 0 Å². The summed E-state index contributed by atoms with van der Waals surface area (Å²) in [5.74, 6) is 0.591. The molecule has 1 unspecified atom stereocenters. The number of azo groups is 1. The summed E-state index contributed by atoms with van der Waals surface area (Å²) in [6.45, 7) is 0. The van der Waals surface area contributed by atoms with Gasteiger partial charge in [-0.1, -0.05) is 12.1 Å². The lowest BCUT2D eigenvalue weighted by molar-refractivity contribution is 0.603. The lowest BCUT2D eigenvalue weighted by atomic mass is 10.0. The van der Waals surface area contributed by atoms with E-state index in [0.717, 1.165) is 32.8 Å². The highest BCUT2D eigenvalue weighted by atomic mass is 79.9. The third-order valence-corrected chi connectivity index (χ3v) is 5.22. The number of hydrogen-bond acceptors (Lipinski definition) is 3. The fourth-order valence-corrected chi connectivity index (χ4v) is 3.78. The zero-order chi connectivity index (χ0) is 16.2. The molecule has 1 aliphatic heterocycles. The molecule has 1 atom stereocenters. The van der Waals surface area contributed by atoms with Crippen LogP contribution in [0.4, 0.5) is 10.1 Å². The van der Waals surface area contributed by atoms with Gasteiger partial charge in [-0.2, -0.15) is 5.11 Å². The molecule has 0 aromatic heterocycles. The minimum Gasteiger partial charge on any atom is -0.322 e. The second kappa shape index (κ2) is 7.23. The van der Waals surface area contributed by atoms with E-state index < -0.39 is 0 Å². The average Bonchev–Trinajstić information content (AvgIpc) is 2.55. The Morgan fingerprint density at radius 3 is 2.96 bits per heavy atom. The fourth-order valence-electron chi connectivity index (χ4n) is 2.31. The zero-order valence-electron chi connectivity index (χ0n) is 12.1. The maximum Gasteiger partial charge on any atom is 0.239 e. The summed E-state index contributed by atoms with van der Waals surface area (Å²) >= 11 is 5.10. The molecule has 0 bridgehead atoms. The van der Waals surface area contributed by atoms with Gasteiger partial charge in [-0.15, -0.1) is 16.9 Å². The maximum absolute atomic E-state index is 13.5. The second-order valence-electron chi connectivity index (χ2n) is 5.00. The Labute approximate surface area is 146 Å². The number of para-hydroxylation sites is 1. The van der Waals surface area contributed by atoms with Gasteiger partial charge in [0, 0.05) is 15.1 Å². The molecule has 0 aliphatic carbocycles. The highest BCUT2D eigenvalue weighted by molar-refractivity contribution is 9.10. The largest absolute Gasteiger partial charge is 0.322 e. The van der Waals surface area contributed by atoms with Crippen molar-refractivity contribution in [1.29, 1.82) is 5.41 Å². The first-order valence-corrected chi connectivity index (χ1v) is 8.84. The van der Waals surface area contributed by atoms with E-state index in [1.54, 1.807) is 17.8 Å². The SMILES string of the molecule is N=C(N=NC1CCSc2ccc(F)cc21)Nc1ccccc1Br. The van der Waals surface area contributed by atoms with Crippen molar-refractivity contribution in [2.24, 2.45) is 10.2 Å². The Kier molecular flexibility index (Phi) is 5.07. The highest BCUT2D eigenvalue weighted by Gasteiger charge is 2.21. The number of guanidine groups is 1. The van der Waals surface area contributed by atoms with Crippen molar-refractivity contribution in [3.05, 3.63) is 58.3 Å². The van der Waals surface area contributed by atoms with Crippen molar-refractivity contribution >= 4 is 39.3 Å². The molecular formula is C16H14BrFN4S. The van der Waals surface area contributed by atoms with E-state index in [1.807, 2.05) is 24.3 Å². The number of anilines is 1. The van der Waals surface area contributed by atoms with Crippen LogP contribution in [0.25, 0.3) is 0 Å². The lowest BCUT2D eigenvalue weighted by Crippen LogP contribution is -2.09. The second-order valence-corrected chi connectivity index (χ2v) is 7.00. The number of thioether (sulfide) groups is 1. The molecule has 2 aromatic carbocycles. The van der Waals surface area contributed by atoms with Gasteiger partial charge in [0.1, 0.15) is 5.82 Å². The first kappa shape index (κ1) is 16.1. The van der Waals surface area contributed by atoms with Crippen LogP contribution in [0.15, 0.2) is 62.1 Å². The highest BCUT2D eigenvalue weighted by Crippen LogP contribution is 2.38. The molecule has 0 spiro atoms. The third kappa shape index (κ3) is 3.97. The topological polar surface area (TPSA) is 60.6 Å². The number of nitrogens with one attached hydrogen (secondary N) is 2. The molecule has 0 radical (unpaired) electrons. The molecule has 7 heteroatoms. The number of fused-ring (bicyclic) bond motifs is 1. The summed E-state index contributed by atoms with van der Waals surface area (Å²) in [5.41, 5.74) is 1.60. The smallest absolute Gasteiger partial charge is 0.239 e. The van der Waals surface area contributed by atoms with E-state index in [4.69, 9.17) is 5.41 Å². The molecule has 23 heavy (non-hydrogen) atoms. The van der Waals surface area contributed by atoms with Crippen LogP contribution in [0.2, 0.25) is 0 Å². The van der Waals surface area contributed by atoms with Crippen LogP contribution in [0.1, 0.15) is 18.0 Å². The first-order chi connectivity index (χ1) is 11.1. The van der Waals surface area contributed by atoms with E-state index in [0.29, 0.717) is 0 Å². The van der Waals surface area contributed by atoms with Crippen LogP contribution >= 0.6 is 27.7 Å². The van der Waals surface area contributed by atoms with Crippen molar-refractivity contribution in [2.75, 3.05) is 11.1 Å². The van der Waals surface area contributed by atoms with Gasteiger partial charge in [0.15, 0.2) is 0 Å². The summed E-state index contributed by atoms with van der Waals surface area (Å²) < 4.78 is 14.3. The summed E-state index contributed by atoms with van der Waals surface area (Å²) in [7, 11) is 0. The third-order valence-electron chi connectivity index (χ3n) is 3.40. The number of benzene rings is 2. The number of rotatable bonds is 2. The van der Waals surface area contributed by atoms with E-state index in [1.165, 1.54) is 12.1 Å². The van der Waals surface area contributed by atoms with Crippen molar-refractivity contribution < 1.29 is 4.39 Å². The Hall–Kier alpha value is -1.73. The molecule has 0 fully saturated rings. The summed E-state index contributed by atoms with van der Waals surface area (Å²) in [5, 5.41) is 19.0. The van der Waals surface area contributed by atoms with Gasteiger partial charge in [-0.3, -0.25) is 5.41 Å². The quantitative estimate of drug-likeness (QED) is 0.395. The van der Waals surface area contributed by atoms with Crippen LogP contribution in [-0.4, -0.2) is 11.7 Å². The monoisotopic (exact) mass is 392 g/mol. The van der Waals surface area contributed by atoms with Gasteiger partial charge in [-0.05, 0) is 58.2 Å². The van der Waals surface area contributed by atoms with Crippen molar-refractivity contribution in [1.82, 2.24) is 0 Å². The normalized spacial score (nSPS) is 17.0. The first-order valence-electron chi connectivity index (χ1n) is 7.06.